The van der Waals surface area contributed by atoms with Gasteiger partial charge >= 0.3 is 0 Å². The van der Waals surface area contributed by atoms with Crippen LogP contribution < -0.4 is 5.73 Å². The van der Waals surface area contributed by atoms with Gasteiger partial charge < -0.3 is 10.5 Å². The van der Waals surface area contributed by atoms with Crippen molar-refractivity contribution in [2.75, 3.05) is 6.61 Å². The summed E-state index contributed by atoms with van der Waals surface area (Å²) in [6.45, 7) is 1.01. The van der Waals surface area contributed by atoms with E-state index >= 15 is 0 Å². The van der Waals surface area contributed by atoms with Crippen molar-refractivity contribution in [1.82, 2.24) is 0 Å². The molecule has 112 valence electrons. The van der Waals surface area contributed by atoms with Gasteiger partial charge in [0.25, 0.3) is 0 Å². The minimum Gasteiger partial charge on any atom is -0.378 e. The number of fused-ring (bicyclic) bond motifs is 3. The Morgan fingerprint density at radius 1 is 1.00 bits per heavy atom. The van der Waals surface area contributed by atoms with Crippen LogP contribution in [0.5, 0.6) is 0 Å². The smallest absolute Gasteiger partial charge is 0.0578 e. The SMILES string of the molecule is NC1CCCC2CC(OCC3CC4C=CC3C4)CCC12. The van der Waals surface area contributed by atoms with Gasteiger partial charge in [0, 0.05) is 6.04 Å². The van der Waals surface area contributed by atoms with Crippen LogP contribution in [-0.2, 0) is 4.74 Å². The third-order valence-corrected chi connectivity index (χ3v) is 6.62. The van der Waals surface area contributed by atoms with Crippen molar-refractivity contribution < 1.29 is 4.74 Å². The monoisotopic (exact) mass is 275 g/mol. The van der Waals surface area contributed by atoms with E-state index in [-0.39, 0.29) is 0 Å². The predicted octanol–water partition coefficient (Wildman–Crippen LogP) is 3.51. The molecule has 2 bridgehead atoms. The average molecular weight is 275 g/mol. The van der Waals surface area contributed by atoms with Crippen LogP contribution in [0.3, 0.4) is 0 Å². The molecule has 0 aromatic heterocycles. The predicted molar refractivity (Wildman–Crippen MR) is 81.2 cm³/mol. The second kappa shape index (κ2) is 5.46. The molecule has 0 aromatic carbocycles. The molecule has 7 atom stereocenters. The van der Waals surface area contributed by atoms with E-state index in [1.165, 1.54) is 51.4 Å². The highest BCUT2D eigenvalue weighted by Crippen LogP contribution is 2.45. The van der Waals surface area contributed by atoms with E-state index in [0.717, 1.165) is 36.2 Å². The standard InChI is InChI=1S/C18H29NO/c19-18-3-1-2-14-10-16(6-7-17(14)18)20-11-15-9-12-4-5-13(15)8-12/h4-5,12-18H,1-3,6-11,19H2. The summed E-state index contributed by atoms with van der Waals surface area (Å²) in [5.74, 6) is 4.18. The first-order valence-electron chi connectivity index (χ1n) is 8.85. The lowest BCUT2D eigenvalue weighted by Gasteiger charge is -2.42. The van der Waals surface area contributed by atoms with Gasteiger partial charge in [-0.1, -0.05) is 18.6 Å². The molecule has 4 rings (SSSR count). The second-order valence-electron chi connectivity index (χ2n) is 7.83. The third-order valence-electron chi connectivity index (χ3n) is 6.62. The molecule has 0 aromatic rings. The Kier molecular flexibility index (Phi) is 3.64. The minimum absolute atomic E-state index is 0.477. The summed E-state index contributed by atoms with van der Waals surface area (Å²) in [5.41, 5.74) is 6.30. The van der Waals surface area contributed by atoms with Crippen LogP contribution >= 0.6 is 0 Å². The molecule has 2 nitrogen and oxygen atoms in total. The van der Waals surface area contributed by atoms with Gasteiger partial charge in [0.2, 0.25) is 0 Å². The second-order valence-corrected chi connectivity index (χ2v) is 7.83. The van der Waals surface area contributed by atoms with E-state index < -0.39 is 0 Å². The average Bonchev–Trinajstić information content (AvgIpc) is 3.08. The van der Waals surface area contributed by atoms with Gasteiger partial charge in [-0.3, -0.25) is 0 Å². The molecule has 3 fully saturated rings. The van der Waals surface area contributed by atoms with Gasteiger partial charge in [-0.05, 0) is 74.5 Å². The zero-order valence-corrected chi connectivity index (χ0v) is 12.5. The van der Waals surface area contributed by atoms with Gasteiger partial charge in [0.05, 0.1) is 12.7 Å². The highest BCUT2D eigenvalue weighted by atomic mass is 16.5. The van der Waals surface area contributed by atoms with Crippen molar-refractivity contribution in [3.63, 3.8) is 0 Å². The normalized spacial score (nSPS) is 50.4. The number of nitrogens with two attached hydrogens (primary N) is 1. The largest absolute Gasteiger partial charge is 0.378 e. The molecule has 4 aliphatic carbocycles. The van der Waals surface area contributed by atoms with Gasteiger partial charge in [0.1, 0.15) is 0 Å². The van der Waals surface area contributed by atoms with E-state index in [9.17, 15) is 0 Å². The summed E-state index contributed by atoms with van der Waals surface area (Å²) < 4.78 is 6.33. The van der Waals surface area contributed by atoms with Crippen molar-refractivity contribution in [3.05, 3.63) is 12.2 Å². The summed E-state index contributed by atoms with van der Waals surface area (Å²) >= 11 is 0. The first-order chi connectivity index (χ1) is 9.79. The lowest BCUT2D eigenvalue weighted by molar-refractivity contribution is -0.0331. The number of hydrogen-bond acceptors (Lipinski definition) is 2. The Balaban J connectivity index is 1.27. The van der Waals surface area contributed by atoms with Crippen molar-refractivity contribution in [3.8, 4) is 0 Å². The lowest BCUT2D eigenvalue weighted by atomic mass is 9.68. The molecule has 2 N–H and O–H groups in total. The van der Waals surface area contributed by atoms with Crippen molar-refractivity contribution >= 4 is 0 Å². The zero-order valence-electron chi connectivity index (χ0n) is 12.5. The number of rotatable bonds is 3. The van der Waals surface area contributed by atoms with E-state index in [0.29, 0.717) is 12.1 Å². The van der Waals surface area contributed by atoms with E-state index in [1.54, 1.807) is 0 Å². The molecule has 2 heteroatoms. The minimum atomic E-state index is 0.477. The maximum atomic E-state index is 6.33. The summed E-state index contributed by atoms with van der Waals surface area (Å²) in [6, 6.07) is 0.477. The van der Waals surface area contributed by atoms with Crippen LogP contribution in [-0.4, -0.2) is 18.8 Å². The molecular formula is C18H29NO. The van der Waals surface area contributed by atoms with E-state index in [1.807, 2.05) is 0 Å². The first kappa shape index (κ1) is 13.3. The van der Waals surface area contributed by atoms with Crippen molar-refractivity contribution in [2.45, 2.75) is 63.5 Å². The van der Waals surface area contributed by atoms with Crippen LogP contribution in [0.4, 0.5) is 0 Å². The molecule has 0 saturated heterocycles. The van der Waals surface area contributed by atoms with E-state index in [2.05, 4.69) is 12.2 Å². The summed E-state index contributed by atoms with van der Waals surface area (Å²) in [5, 5.41) is 0. The molecular weight excluding hydrogens is 246 g/mol. The molecule has 20 heavy (non-hydrogen) atoms. The zero-order chi connectivity index (χ0) is 13.5. The highest BCUT2D eigenvalue weighted by molar-refractivity contribution is 5.10. The van der Waals surface area contributed by atoms with Gasteiger partial charge in [-0.15, -0.1) is 0 Å². The molecule has 0 spiro atoms. The summed E-state index contributed by atoms with van der Waals surface area (Å²) in [7, 11) is 0. The molecule has 3 saturated carbocycles. The molecule has 7 unspecified atom stereocenters. The van der Waals surface area contributed by atoms with Gasteiger partial charge in [-0.2, -0.15) is 0 Å². The number of ether oxygens (including phenoxy) is 1. The maximum Gasteiger partial charge on any atom is 0.0578 e. The van der Waals surface area contributed by atoms with Crippen LogP contribution in [0.1, 0.15) is 51.4 Å². The van der Waals surface area contributed by atoms with Crippen LogP contribution in [0, 0.1) is 29.6 Å². The topological polar surface area (TPSA) is 35.2 Å². The quantitative estimate of drug-likeness (QED) is 0.800. The third kappa shape index (κ3) is 2.46. The molecule has 0 aliphatic heterocycles. The number of hydrogen-bond donors (Lipinski definition) is 1. The number of allylic oxidation sites excluding steroid dienone is 2. The Morgan fingerprint density at radius 3 is 2.75 bits per heavy atom. The van der Waals surface area contributed by atoms with E-state index in [4.69, 9.17) is 10.5 Å². The molecule has 0 amide bonds. The molecule has 4 aliphatic rings. The van der Waals surface area contributed by atoms with Crippen LogP contribution in [0.25, 0.3) is 0 Å². The Bertz CT molecular complexity index is 380. The molecule has 0 heterocycles. The maximum absolute atomic E-state index is 6.33. The van der Waals surface area contributed by atoms with Crippen LogP contribution in [0.15, 0.2) is 12.2 Å². The van der Waals surface area contributed by atoms with Gasteiger partial charge in [-0.25, -0.2) is 0 Å². The van der Waals surface area contributed by atoms with Crippen molar-refractivity contribution in [2.24, 2.45) is 35.3 Å². The fourth-order valence-electron chi connectivity index (χ4n) is 5.47. The Morgan fingerprint density at radius 2 is 1.95 bits per heavy atom. The summed E-state index contributed by atoms with van der Waals surface area (Å²) in [4.78, 5) is 0. The first-order valence-corrected chi connectivity index (χ1v) is 8.85. The molecule has 0 radical (unpaired) electrons. The Hall–Kier alpha value is -0.340. The highest BCUT2D eigenvalue weighted by Gasteiger charge is 2.39. The summed E-state index contributed by atoms with van der Waals surface area (Å²) in [6.07, 6.45) is 16.0. The van der Waals surface area contributed by atoms with Gasteiger partial charge in [0.15, 0.2) is 0 Å². The van der Waals surface area contributed by atoms with Crippen LogP contribution in [0.2, 0.25) is 0 Å². The Labute approximate surface area is 123 Å². The fraction of sp³-hybridized carbons (Fsp3) is 0.889. The fourth-order valence-corrected chi connectivity index (χ4v) is 5.47. The van der Waals surface area contributed by atoms with Crippen molar-refractivity contribution in [1.29, 1.82) is 0 Å². The lowest BCUT2D eigenvalue weighted by Crippen LogP contribution is -2.43.